The summed E-state index contributed by atoms with van der Waals surface area (Å²) in [6, 6.07) is 3.71. The van der Waals surface area contributed by atoms with Crippen LogP contribution in [0.3, 0.4) is 0 Å². The third-order valence-electron chi connectivity index (χ3n) is 1.77. The van der Waals surface area contributed by atoms with E-state index in [1.54, 1.807) is 17.5 Å². The number of carbonyl (C=O) groups is 1. The number of aromatic nitrogens is 1. The Morgan fingerprint density at radius 3 is 2.53 bits per heavy atom. The predicted molar refractivity (Wildman–Crippen MR) is 65.9 cm³/mol. The van der Waals surface area contributed by atoms with Gasteiger partial charge in [-0.3, -0.25) is 14.1 Å². The first-order valence-electron chi connectivity index (χ1n) is 4.90. The molecule has 1 heterocycles. The molecule has 1 rings (SSSR count). The van der Waals surface area contributed by atoms with E-state index in [1.807, 2.05) is 39.2 Å². The fourth-order valence-corrected chi connectivity index (χ4v) is 1.19. The average molecular weight is 226 g/mol. The Bertz CT molecular complexity index is 315. The van der Waals surface area contributed by atoms with Gasteiger partial charge in [-0.05, 0) is 18.6 Å². The second-order valence-electron chi connectivity index (χ2n) is 2.65. The normalized spacial score (nSPS) is 8.87. The van der Waals surface area contributed by atoms with E-state index in [9.17, 15) is 4.79 Å². The summed E-state index contributed by atoms with van der Waals surface area (Å²) in [6.45, 7) is 5.88. The van der Waals surface area contributed by atoms with Crippen molar-refractivity contribution >= 4 is 17.9 Å². The fourth-order valence-electron chi connectivity index (χ4n) is 0.942. The van der Waals surface area contributed by atoms with Gasteiger partial charge in [-0.25, -0.2) is 0 Å². The molecule has 0 radical (unpaired) electrons. The Labute approximate surface area is 96.0 Å². The standard InChI is InChI=1S/C9H12N2OS.C2H6/c1-7-5-4-6-10-8(7)9(12)11(2)13-3;1-2/h4-6H,1-3H3;1-2H3. The second kappa shape index (κ2) is 7.29. The molecule has 0 atom stereocenters. The van der Waals surface area contributed by atoms with Crippen molar-refractivity contribution in [1.29, 1.82) is 0 Å². The van der Waals surface area contributed by atoms with Crippen molar-refractivity contribution in [2.75, 3.05) is 13.3 Å². The maximum atomic E-state index is 11.6. The van der Waals surface area contributed by atoms with Crippen LogP contribution in [0.25, 0.3) is 0 Å². The Kier molecular flexibility index (Phi) is 6.79. The summed E-state index contributed by atoms with van der Waals surface area (Å²) in [6.07, 6.45) is 3.49. The van der Waals surface area contributed by atoms with Gasteiger partial charge in [-0.1, -0.05) is 31.9 Å². The number of pyridine rings is 1. The van der Waals surface area contributed by atoms with E-state index in [0.29, 0.717) is 5.69 Å². The molecule has 0 unspecified atom stereocenters. The quantitative estimate of drug-likeness (QED) is 0.727. The Hall–Kier alpha value is -1.03. The van der Waals surface area contributed by atoms with Gasteiger partial charge in [-0.15, -0.1) is 0 Å². The van der Waals surface area contributed by atoms with Gasteiger partial charge in [-0.2, -0.15) is 0 Å². The van der Waals surface area contributed by atoms with Crippen LogP contribution in [-0.4, -0.2) is 28.5 Å². The number of hydrogen-bond acceptors (Lipinski definition) is 3. The monoisotopic (exact) mass is 226 g/mol. The summed E-state index contributed by atoms with van der Waals surface area (Å²) < 4.78 is 1.56. The number of aryl methyl sites for hydroxylation is 1. The lowest BCUT2D eigenvalue weighted by Gasteiger charge is -2.13. The summed E-state index contributed by atoms with van der Waals surface area (Å²) in [5.74, 6) is -0.0504. The van der Waals surface area contributed by atoms with E-state index in [2.05, 4.69) is 4.98 Å². The zero-order valence-electron chi connectivity index (χ0n) is 9.94. The molecule has 0 aliphatic carbocycles. The smallest absolute Gasteiger partial charge is 0.282 e. The van der Waals surface area contributed by atoms with Crippen LogP contribution in [-0.2, 0) is 0 Å². The highest BCUT2D eigenvalue weighted by molar-refractivity contribution is 7.96. The van der Waals surface area contributed by atoms with Crippen LogP contribution in [0, 0.1) is 6.92 Å². The number of hydrogen-bond donors (Lipinski definition) is 0. The molecule has 0 N–H and O–H groups in total. The van der Waals surface area contributed by atoms with E-state index < -0.39 is 0 Å². The van der Waals surface area contributed by atoms with Crippen molar-refractivity contribution in [2.24, 2.45) is 0 Å². The molecule has 15 heavy (non-hydrogen) atoms. The molecule has 0 bridgehead atoms. The van der Waals surface area contributed by atoms with Crippen molar-refractivity contribution in [3.05, 3.63) is 29.6 Å². The molecule has 0 aromatic carbocycles. The summed E-state index contributed by atoms with van der Waals surface area (Å²) in [7, 11) is 1.74. The molecule has 3 nitrogen and oxygen atoms in total. The first-order valence-corrected chi connectivity index (χ1v) is 6.08. The highest BCUT2D eigenvalue weighted by Crippen LogP contribution is 2.10. The number of carbonyl (C=O) groups excluding carboxylic acids is 1. The molecule has 4 heteroatoms. The molecule has 0 aliphatic rings. The third-order valence-corrected chi connectivity index (χ3v) is 2.49. The van der Waals surface area contributed by atoms with Gasteiger partial charge in [0.2, 0.25) is 0 Å². The van der Waals surface area contributed by atoms with Crippen LogP contribution in [0.4, 0.5) is 0 Å². The summed E-state index contributed by atoms with van der Waals surface area (Å²) in [4.78, 5) is 15.7. The van der Waals surface area contributed by atoms with E-state index in [4.69, 9.17) is 0 Å². The van der Waals surface area contributed by atoms with Crippen molar-refractivity contribution in [2.45, 2.75) is 20.8 Å². The van der Waals surface area contributed by atoms with Crippen LogP contribution in [0.15, 0.2) is 18.3 Å². The van der Waals surface area contributed by atoms with Crippen LogP contribution in [0.5, 0.6) is 0 Å². The number of amides is 1. The minimum absolute atomic E-state index is 0.0504. The fraction of sp³-hybridized carbons (Fsp3) is 0.455. The zero-order chi connectivity index (χ0) is 11.8. The zero-order valence-corrected chi connectivity index (χ0v) is 10.8. The SMILES string of the molecule is CC.CSN(C)C(=O)c1ncccc1C. The maximum Gasteiger partial charge on any atom is 0.282 e. The Morgan fingerprint density at radius 2 is 2.07 bits per heavy atom. The van der Waals surface area contributed by atoms with Crippen LogP contribution >= 0.6 is 11.9 Å². The molecular weight excluding hydrogens is 208 g/mol. The van der Waals surface area contributed by atoms with Gasteiger partial charge < -0.3 is 0 Å². The molecule has 0 fully saturated rings. The lowest BCUT2D eigenvalue weighted by molar-refractivity contribution is 0.0886. The molecule has 0 saturated carbocycles. The first kappa shape index (κ1) is 14.0. The molecule has 0 saturated heterocycles. The molecule has 1 amide bonds. The van der Waals surface area contributed by atoms with E-state index in [0.717, 1.165) is 5.56 Å². The molecule has 0 aliphatic heterocycles. The lowest BCUT2D eigenvalue weighted by atomic mass is 10.2. The van der Waals surface area contributed by atoms with Crippen LogP contribution in [0.2, 0.25) is 0 Å². The van der Waals surface area contributed by atoms with Crippen molar-refractivity contribution in [3.8, 4) is 0 Å². The minimum atomic E-state index is -0.0504. The third kappa shape index (κ3) is 3.91. The number of rotatable bonds is 2. The first-order chi connectivity index (χ1) is 7.16. The van der Waals surface area contributed by atoms with Crippen molar-refractivity contribution in [1.82, 2.24) is 9.29 Å². The van der Waals surface area contributed by atoms with Gasteiger partial charge in [0, 0.05) is 19.5 Å². The number of nitrogens with zero attached hydrogens (tertiary/aromatic N) is 2. The van der Waals surface area contributed by atoms with Crippen molar-refractivity contribution < 1.29 is 4.79 Å². The molecule has 1 aromatic rings. The summed E-state index contributed by atoms with van der Waals surface area (Å²) in [5, 5.41) is 0. The molecular formula is C11H18N2OS. The maximum absolute atomic E-state index is 11.6. The second-order valence-corrected chi connectivity index (χ2v) is 3.57. The predicted octanol–water partition coefficient (Wildman–Crippen LogP) is 2.77. The van der Waals surface area contributed by atoms with Crippen molar-refractivity contribution in [3.63, 3.8) is 0 Å². The van der Waals surface area contributed by atoms with Gasteiger partial charge in [0.15, 0.2) is 0 Å². The Balaban J connectivity index is 0.000000921. The molecule has 84 valence electrons. The average Bonchev–Trinajstić information content (AvgIpc) is 2.30. The van der Waals surface area contributed by atoms with Gasteiger partial charge in [0.05, 0.1) is 0 Å². The van der Waals surface area contributed by atoms with Crippen LogP contribution < -0.4 is 0 Å². The molecule has 1 aromatic heterocycles. The lowest BCUT2D eigenvalue weighted by Crippen LogP contribution is -2.21. The summed E-state index contributed by atoms with van der Waals surface area (Å²) >= 11 is 1.38. The minimum Gasteiger partial charge on any atom is -0.284 e. The highest BCUT2D eigenvalue weighted by atomic mass is 32.2. The Morgan fingerprint density at radius 1 is 1.47 bits per heavy atom. The molecule has 0 spiro atoms. The highest BCUT2D eigenvalue weighted by Gasteiger charge is 2.13. The van der Waals surface area contributed by atoms with Crippen LogP contribution in [0.1, 0.15) is 29.9 Å². The van der Waals surface area contributed by atoms with E-state index >= 15 is 0 Å². The van der Waals surface area contributed by atoms with Gasteiger partial charge in [0.25, 0.3) is 5.91 Å². The van der Waals surface area contributed by atoms with Gasteiger partial charge in [0.1, 0.15) is 5.69 Å². The summed E-state index contributed by atoms with van der Waals surface area (Å²) in [5.41, 5.74) is 1.44. The largest absolute Gasteiger partial charge is 0.284 e. The van der Waals surface area contributed by atoms with Gasteiger partial charge >= 0.3 is 0 Å². The topological polar surface area (TPSA) is 33.2 Å². The van der Waals surface area contributed by atoms with E-state index in [-0.39, 0.29) is 5.91 Å². The van der Waals surface area contributed by atoms with E-state index in [1.165, 1.54) is 11.9 Å².